The Morgan fingerprint density at radius 1 is 1.24 bits per heavy atom. The van der Waals surface area contributed by atoms with E-state index in [0.717, 1.165) is 4.90 Å². The molecule has 21 heavy (non-hydrogen) atoms. The standard InChI is InChI=1S/C15H13N3O2S/c1-20-11-7-8-14-13(9-11)16-17-18(14)15(19)10-21-12-5-3-2-4-6-12/h2-9H,10H2,1H3. The predicted molar refractivity (Wildman–Crippen MR) is 81.9 cm³/mol. The Morgan fingerprint density at radius 2 is 2.05 bits per heavy atom. The van der Waals surface area contributed by atoms with E-state index in [0.29, 0.717) is 22.5 Å². The largest absolute Gasteiger partial charge is 0.497 e. The molecule has 0 aliphatic heterocycles. The first-order valence-electron chi connectivity index (χ1n) is 6.38. The van der Waals surface area contributed by atoms with E-state index in [1.807, 2.05) is 30.3 Å². The summed E-state index contributed by atoms with van der Waals surface area (Å²) in [4.78, 5) is 13.3. The van der Waals surface area contributed by atoms with Crippen molar-refractivity contribution in [2.45, 2.75) is 4.90 Å². The number of carbonyl (C=O) groups excluding carboxylic acids is 1. The molecule has 0 bridgehead atoms. The van der Waals surface area contributed by atoms with Crippen molar-refractivity contribution in [3.8, 4) is 5.75 Å². The molecular weight excluding hydrogens is 286 g/mol. The maximum absolute atomic E-state index is 12.3. The molecule has 2 aromatic carbocycles. The third-order valence-electron chi connectivity index (χ3n) is 2.99. The van der Waals surface area contributed by atoms with Crippen LogP contribution in [0.3, 0.4) is 0 Å². The van der Waals surface area contributed by atoms with Crippen LogP contribution in [0.2, 0.25) is 0 Å². The number of rotatable bonds is 4. The molecule has 1 aromatic heterocycles. The van der Waals surface area contributed by atoms with E-state index in [1.54, 1.807) is 25.3 Å². The van der Waals surface area contributed by atoms with E-state index in [9.17, 15) is 4.79 Å². The van der Waals surface area contributed by atoms with Gasteiger partial charge in [-0.3, -0.25) is 4.79 Å². The van der Waals surface area contributed by atoms with Crippen molar-refractivity contribution in [2.75, 3.05) is 12.9 Å². The van der Waals surface area contributed by atoms with Crippen molar-refractivity contribution in [3.05, 3.63) is 48.5 Å². The molecule has 0 amide bonds. The third kappa shape index (κ3) is 2.90. The molecule has 0 radical (unpaired) electrons. The molecule has 0 saturated carbocycles. The number of fused-ring (bicyclic) bond motifs is 1. The second kappa shape index (κ2) is 5.97. The zero-order valence-electron chi connectivity index (χ0n) is 11.4. The van der Waals surface area contributed by atoms with E-state index < -0.39 is 0 Å². The van der Waals surface area contributed by atoms with E-state index in [2.05, 4.69) is 10.3 Å². The van der Waals surface area contributed by atoms with Gasteiger partial charge < -0.3 is 4.74 Å². The van der Waals surface area contributed by atoms with Crippen molar-refractivity contribution in [1.29, 1.82) is 0 Å². The highest BCUT2D eigenvalue weighted by Gasteiger charge is 2.12. The van der Waals surface area contributed by atoms with Crippen molar-refractivity contribution in [2.24, 2.45) is 0 Å². The van der Waals surface area contributed by atoms with Crippen LogP contribution in [0, 0.1) is 0 Å². The molecule has 0 aliphatic carbocycles. The van der Waals surface area contributed by atoms with Crippen LogP contribution in [0.15, 0.2) is 53.4 Å². The predicted octanol–water partition coefficient (Wildman–Crippen LogP) is 2.87. The summed E-state index contributed by atoms with van der Waals surface area (Å²) in [6.45, 7) is 0. The van der Waals surface area contributed by atoms with Crippen molar-refractivity contribution >= 4 is 28.7 Å². The van der Waals surface area contributed by atoms with Crippen molar-refractivity contribution in [1.82, 2.24) is 15.0 Å². The molecular formula is C15H13N3O2S. The lowest BCUT2D eigenvalue weighted by Crippen LogP contribution is -2.14. The molecule has 0 atom stereocenters. The maximum atomic E-state index is 12.3. The van der Waals surface area contributed by atoms with Crippen LogP contribution in [0.1, 0.15) is 4.79 Å². The monoisotopic (exact) mass is 299 g/mol. The van der Waals surface area contributed by atoms with Crippen LogP contribution < -0.4 is 4.74 Å². The minimum atomic E-state index is -0.100. The Balaban J connectivity index is 1.78. The summed E-state index contributed by atoms with van der Waals surface area (Å²) in [5.74, 6) is 0.909. The van der Waals surface area contributed by atoms with Crippen LogP contribution in [-0.2, 0) is 0 Å². The fraction of sp³-hybridized carbons (Fsp3) is 0.133. The normalized spacial score (nSPS) is 10.7. The minimum Gasteiger partial charge on any atom is -0.497 e. The molecule has 5 nitrogen and oxygen atoms in total. The second-order valence-electron chi connectivity index (χ2n) is 4.35. The van der Waals surface area contributed by atoms with Gasteiger partial charge in [-0.2, -0.15) is 4.68 Å². The van der Waals surface area contributed by atoms with Crippen LogP contribution in [0.5, 0.6) is 5.75 Å². The zero-order valence-corrected chi connectivity index (χ0v) is 12.2. The summed E-state index contributed by atoms with van der Waals surface area (Å²) in [5.41, 5.74) is 1.34. The molecule has 3 rings (SSSR count). The summed E-state index contributed by atoms with van der Waals surface area (Å²) in [6.07, 6.45) is 0. The van der Waals surface area contributed by atoms with Crippen molar-refractivity contribution < 1.29 is 9.53 Å². The lowest BCUT2D eigenvalue weighted by molar-refractivity contribution is 0.0929. The third-order valence-corrected chi connectivity index (χ3v) is 3.99. The number of hydrogen-bond acceptors (Lipinski definition) is 5. The Hall–Kier alpha value is -2.34. The van der Waals surface area contributed by atoms with E-state index in [4.69, 9.17) is 4.74 Å². The summed E-state index contributed by atoms with van der Waals surface area (Å²) in [6, 6.07) is 15.1. The van der Waals surface area contributed by atoms with Gasteiger partial charge in [-0.25, -0.2) is 0 Å². The first-order chi connectivity index (χ1) is 10.3. The molecule has 0 spiro atoms. The van der Waals surface area contributed by atoms with Crippen LogP contribution in [-0.4, -0.2) is 33.8 Å². The molecule has 3 aromatic rings. The van der Waals surface area contributed by atoms with Crippen molar-refractivity contribution in [3.63, 3.8) is 0 Å². The fourth-order valence-electron chi connectivity index (χ4n) is 1.94. The second-order valence-corrected chi connectivity index (χ2v) is 5.40. The van der Waals surface area contributed by atoms with E-state index >= 15 is 0 Å². The minimum absolute atomic E-state index is 0.100. The lowest BCUT2D eigenvalue weighted by Gasteiger charge is -2.02. The van der Waals surface area contributed by atoms with Crippen LogP contribution >= 0.6 is 11.8 Å². The highest BCUT2D eigenvalue weighted by Crippen LogP contribution is 2.20. The van der Waals surface area contributed by atoms with Gasteiger partial charge in [-0.15, -0.1) is 16.9 Å². The van der Waals surface area contributed by atoms with Gasteiger partial charge in [0.25, 0.3) is 5.91 Å². The average Bonchev–Trinajstić information content (AvgIpc) is 2.96. The number of ether oxygens (including phenoxy) is 1. The number of hydrogen-bond donors (Lipinski definition) is 0. The molecule has 0 N–H and O–H groups in total. The highest BCUT2D eigenvalue weighted by atomic mass is 32.2. The number of methoxy groups -OCH3 is 1. The number of aromatic nitrogens is 3. The molecule has 0 aliphatic rings. The maximum Gasteiger partial charge on any atom is 0.259 e. The van der Waals surface area contributed by atoms with Gasteiger partial charge in [0.1, 0.15) is 11.3 Å². The van der Waals surface area contributed by atoms with Gasteiger partial charge in [-0.1, -0.05) is 23.4 Å². The lowest BCUT2D eigenvalue weighted by atomic mass is 10.3. The van der Waals surface area contributed by atoms with Gasteiger partial charge >= 0.3 is 0 Å². The molecule has 0 fully saturated rings. The van der Waals surface area contributed by atoms with Gasteiger partial charge in [0.15, 0.2) is 0 Å². The molecule has 0 saturated heterocycles. The number of thioether (sulfide) groups is 1. The molecule has 1 heterocycles. The van der Waals surface area contributed by atoms with Gasteiger partial charge in [0.05, 0.1) is 18.4 Å². The first-order valence-corrected chi connectivity index (χ1v) is 7.37. The summed E-state index contributed by atoms with van der Waals surface area (Å²) >= 11 is 1.48. The van der Waals surface area contributed by atoms with Gasteiger partial charge in [0.2, 0.25) is 0 Å². The Morgan fingerprint density at radius 3 is 2.81 bits per heavy atom. The van der Waals surface area contributed by atoms with E-state index in [-0.39, 0.29) is 5.91 Å². The Labute approximate surface area is 125 Å². The summed E-state index contributed by atoms with van der Waals surface area (Å²) < 4.78 is 6.47. The number of nitrogens with zero attached hydrogens (tertiary/aromatic N) is 3. The zero-order chi connectivity index (χ0) is 14.7. The van der Waals surface area contributed by atoms with Gasteiger partial charge in [0, 0.05) is 11.0 Å². The van der Waals surface area contributed by atoms with Gasteiger partial charge in [-0.05, 0) is 24.3 Å². The Bertz CT molecular complexity index is 771. The van der Waals surface area contributed by atoms with Crippen LogP contribution in [0.25, 0.3) is 11.0 Å². The smallest absolute Gasteiger partial charge is 0.259 e. The molecule has 0 unspecified atom stereocenters. The quantitative estimate of drug-likeness (QED) is 0.693. The Kier molecular flexibility index (Phi) is 3.87. The summed E-state index contributed by atoms with van der Waals surface area (Å²) in [7, 11) is 1.59. The number of benzene rings is 2. The van der Waals surface area contributed by atoms with Crippen LogP contribution in [0.4, 0.5) is 0 Å². The topological polar surface area (TPSA) is 57.0 Å². The SMILES string of the molecule is COc1ccc2c(c1)nnn2C(=O)CSc1ccccc1. The molecule has 106 valence electrons. The number of carbonyl (C=O) groups is 1. The highest BCUT2D eigenvalue weighted by molar-refractivity contribution is 8.00. The molecule has 6 heteroatoms. The summed E-state index contributed by atoms with van der Waals surface area (Å²) in [5, 5.41) is 7.94. The average molecular weight is 299 g/mol. The fourth-order valence-corrected chi connectivity index (χ4v) is 2.70. The first kappa shape index (κ1) is 13.6. The van der Waals surface area contributed by atoms with E-state index in [1.165, 1.54) is 16.4 Å².